The molecule has 172 valence electrons. The van der Waals surface area contributed by atoms with E-state index in [-0.39, 0.29) is 29.3 Å². The van der Waals surface area contributed by atoms with Crippen molar-refractivity contribution in [2.24, 2.45) is 5.41 Å². The summed E-state index contributed by atoms with van der Waals surface area (Å²) in [5.41, 5.74) is -0.100. The molecule has 1 unspecified atom stereocenters. The number of ether oxygens (including phenoxy) is 2. The van der Waals surface area contributed by atoms with Crippen molar-refractivity contribution in [3.05, 3.63) is 23.2 Å². The number of thiazole rings is 1. The van der Waals surface area contributed by atoms with Crippen molar-refractivity contribution in [3.63, 3.8) is 0 Å². The van der Waals surface area contributed by atoms with Crippen molar-refractivity contribution in [3.8, 4) is 0 Å². The molecule has 1 amide bonds. The number of hydrogen-bond donors (Lipinski definition) is 2. The van der Waals surface area contributed by atoms with Crippen molar-refractivity contribution in [1.82, 2.24) is 9.88 Å². The third kappa shape index (κ3) is 5.79. The highest BCUT2D eigenvalue weighted by atomic mass is 32.2. The van der Waals surface area contributed by atoms with Gasteiger partial charge in [-0.05, 0) is 33.1 Å². The number of aliphatic hydroxyl groups excluding tert-OH is 1. The second-order valence-electron chi connectivity index (χ2n) is 7.92. The van der Waals surface area contributed by atoms with Gasteiger partial charge in [0.15, 0.2) is 10.0 Å². The lowest BCUT2D eigenvalue weighted by molar-refractivity contribution is -0.0327. The summed E-state index contributed by atoms with van der Waals surface area (Å²) in [5, 5.41) is 21.3. The van der Waals surface area contributed by atoms with E-state index in [1.807, 2.05) is 26.0 Å². The highest BCUT2D eigenvalue weighted by Gasteiger charge is 2.43. The molecule has 2 heterocycles. The molecule has 0 bridgehead atoms. The second-order valence-corrected chi connectivity index (χ2v) is 10.1. The first kappa shape index (κ1) is 24.0. The Morgan fingerprint density at radius 1 is 1.55 bits per heavy atom. The first-order valence-corrected chi connectivity index (χ1v) is 12.5. The lowest BCUT2D eigenvalue weighted by atomic mass is 9.63. The number of nitrogens with zero attached hydrogens (tertiary/aromatic N) is 2. The molecule has 3 atom stereocenters. The van der Waals surface area contributed by atoms with Crippen LogP contribution in [0.4, 0.5) is 4.79 Å². The number of carbonyl (C=O) groups excluding carboxylic acids is 1. The van der Waals surface area contributed by atoms with Gasteiger partial charge in [-0.2, -0.15) is 0 Å². The molecule has 3 rings (SSSR count). The van der Waals surface area contributed by atoms with Crippen LogP contribution in [-0.4, -0.2) is 75.9 Å². The number of rotatable bonds is 12. The number of amides is 1. The summed E-state index contributed by atoms with van der Waals surface area (Å²) < 4.78 is 11.5. The maximum atomic E-state index is 12.3. The van der Waals surface area contributed by atoms with Crippen LogP contribution < -0.4 is 0 Å². The van der Waals surface area contributed by atoms with Crippen LogP contribution in [0.1, 0.15) is 50.0 Å². The van der Waals surface area contributed by atoms with Crippen LogP contribution in [0.2, 0.25) is 0 Å². The standard InChI is InChI=1S/C21H30N2O6S2/c1-3-28-11-9-21(7-4-8-21)17(24)6-5-16-14(2)29-20(27)23(16)10-12-30-19-22-15(13-31-19)18(25)26/h5-6,13-14,16-17,24H,3-4,7-12H2,1-2H3,(H,25,26)/b6-5+/t14-,16-,17?/m0/s1. The average Bonchev–Trinajstić information content (AvgIpc) is 3.27. The van der Waals surface area contributed by atoms with Gasteiger partial charge < -0.3 is 19.7 Å². The van der Waals surface area contributed by atoms with Crippen LogP contribution in [0.25, 0.3) is 0 Å². The van der Waals surface area contributed by atoms with E-state index in [0.717, 1.165) is 25.7 Å². The number of cyclic esters (lactones) is 1. The molecule has 1 aliphatic carbocycles. The van der Waals surface area contributed by atoms with E-state index in [1.165, 1.54) is 28.5 Å². The van der Waals surface area contributed by atoms with E-state index in [0.29, 0.717) is 29.9 Å². The number of aliphatic hydroxyl groups is 1. The normalized spacial score (nSPS) is 23.7. The molecule has 31 heavy (non-hydrogen) atoms. The summed E-state index contributed by atoms with van der Waals surface area (Å²) >= 11 is 2.69. The molecule has 2 aliphatic rings. The Morgan fingerprint density at radius 3 is 2.94 bits per heavy atom. The monoisotopic (exact) mass is 470 g/mol. The number of carboxylic acid groups (broad SMARTS) is 1. The highest BCUT2D eigenvalue weighted by Crippen LogP contribution is 2.47. The smallest absolute Gasteiger partial charge is 0.410 e. The molecule has 1 aromatic heterocycles. The van der Waals surface area contributed by atoms with E-state index in [1.54, 1.807) is 4.90 Å². The fraction of sp³-hybridized carbons (Fsp3) is 0.667. The largest absolute Gasteiger partial charge is 0.476 e. The zero-order valence-electron chi connectivity index (χ0n) is 17.9. The van der Waals surface area contributed by atoms with E-state index < -0.39 is 12.1 Å². The molecule has 10 heteroatoms. The van der Waals surface area contributed by atoms with Gasteiger partial charge >= 0.3 is 12.1 Å². The number of aromatic carboxylic acids is 1. The summed E-state index contributed by atoms with van der Waals surface area (Å²) in [6.07, 6.45) is 6.34. The predicted molar refractivity (Wildman–Crippen MR) is 119 cm³/mol. The number of aromatic nitrogens is 1. The maximum Gasteiger partial charge on any atom is 0.410 e. The third-order valence-corrected chi connectivity index (χ3v) is 8.04. The van der Waals surface area contributed by atoms with Crippen LogP contribution >= 0.6 is 23.1 Å². The van der Waals surface area contributed by atoms with Crippen LogP contribution in [0, 0.1) is 5.41 Å². The van der Waals surface area contributed by atoms with Crippen LogP contribution in [0.15, 0.2) is 21.9 Å². The van der Waals surface area contributed by atoms with Crippen molar-refractivity contribution in [2.75, 3.05) is 25.5 Å². The Hall–Kier alpha value is -1.62. The summed E-state index contributed by atoms with van der Waals surface area (Å²) in [6.45, 7) is 5.57. The summed E-state index contributed by atoms with van der Waals surface area (Å²) in [5.74, 6) is -0.478. The average molecular weight is 471 g/mol. The van der Waals surface area contributed by atoms with Crippen LogP contribution in [0.3, 0.4) is 0 Å². The van der Waals surface area contributed by atoms with E-state index in [9.17, 15) is 14.7 Å². The molecular weight excluding hydrogens is 440 g/mol. The van der Waals surface area contributed by atoms with Gasteiger partial charge in [-0.3, -0.25) is 4.90 Å². The van der Waals surface area contributed by atoms with Gasteiger partial charge in [0.2, 0.25) is 0 Å². The van der Waals surface area contributed by atoms with E-state index in [4.69, 9.17) is 14.6 Å². The molecule has 1 aromatic rings. The number of thioether (sulfide) groups is 1. The molecule has 0 aromatic carbocycles. The number of carbonyl (C=O) groups is 2. The number of carboxylic acids is 1. The van der Waals surface area contributed by atoms with Gasteiger partial charge in [-0.15, -0.1) is 11.3 Å². The van der Waals surface area contributed by atoms with E-state index >= 15 is 0 Å². The molecule has 0 spiro atoms. The zero-order valence-corrected chi connectivity index (χ0v) is 19.5. The van der Waals surface area contributed by atoms with Gasteiger partial charge in [0.05, 0.1) is 12.1 Å². The molecular formula is C21H30N2O6S2. The topological polar surface area (TPSA) is 109 Å². The highest BCUT2D eigenvalue weighted by molar-refractivity contribution is 8.01. The Kier molecular flexibility index (Phi) is 8.37. The fourth-order valence-electron chi connectivity index (χ4n) is 3.99. The SMILES string of the molecule is CCOCCC1(C(O)/C=C/[C@H]2[C@H](C)OC(=O)N2CCSc2nc(C(=O)O)cs2)CCC1. The Balaban J connectivity index is 1.56. The molecule has 2 fully saturated rings. The van der Waals surface area contributed by atoms with Crippen LogP contribution in [0.5, 0.6) is 0 Å². The van der Waals surface area contributed by atoms with Crippen LogP contribution in [-0.2, 0) is 9.47 Å². The Bertz CT molecular complexity index is 795. The van der Waals surface area contributed by atoms with Crippen molar-refractivity contribution in [1.29, 1.82) is 0 Å². The molecule has 1 saturated heterocycles. The third-order valence-electron chi connectivity index (χ3n) is 6.04. The molecule has 1 aliphatic heterocycles. The van der Waals surface area contributed by atoms with Gasteiger partial charge in [0.25, 0.3) is 0 Å². The Labute approximate surface area is 190 Å². The van der Waals surface area contributed by atoms with Gasteiger partial charge in [0.1, 0.15) is 6.10 Å². The summed E-state index contributed by atoms with van der Waals surface area (Å²) in [6, 6.07) is -0.252. The second kappa shape index (κ2) is 10.8. The summed E-state index contributed by atoms with van der Waals surface area (Å²) in [7, 11) is 0. The Morgan fingerprint density at radius 2 is 2.32 bits per heavy atom. The quantitative estimate of drug-likeness (QED) is 0.271. The zero-order chi connectivity index (χ0) is 22.4. The van der Waals surface area contributed by atoms with Crippen molar-refractivity contribution < 1.29 is 29.3 Å². The fourth-order valence-corrected chi connectivity index (χ4v) is 5.80. The van der Waals surface area contributed by atoms with Gasteiger partial charge in [-0.1, -0.05) is 30.3 Å². The lowest BCUT2D eigenvalue weighted by Gasteiger charge is -2.45. The first-order chi connectivity index (χ1) is 14.9. The number of hydrogen-bond acceptors (Lipinski definition) is 8. The summed E-state index contributed by atoms with van der Waals surface area (Å²) in [4.78, 5) is 29.0. The first-order valence-electron chi connectivity index (χ1n) is 10.6. The maximum absolute atomic E-state index is 12.3. The van der Waals surface area contributed by atoms with Gasteiger partial charge in [-0.25, -0.2) is 14.6 Å². The van der Waals surface area contributed by atoms with Gasteiger partial charge in [0, 0.05) is 36.3 Å². The van der Waals surface area contributed by atoms with Crippen molar-refractivity contribution in [2.45, 2.75) is 62.1 Å². The molecule has 8 nitrogen and oxygen atoms in total. The van der Waals surface area contributed by atoms with E-state index in [2.05, 4.69) is 4.98 Å². The molecule has 0 radical (unpaired) electrons. The lowest BCUT2D eigenvalue weighted by Crippen LogP contribution is -2.42. The molecule has 2 N–H and O–H groups in total. The minimum Gasteiger partial charge on any atom is -0.476 e. The predicted octanol–water partition coefficient (Wildman–Crippen LogP) is 3.66. The van der Waals surface area contributed by atoms with Crippen molar-refractivity contribution >= 4 is 35.2 Å². The minimum atomic E-state index is -1.05. The molecule has 1 saturated carbocycles. The minimum absolute atomic E-state index is 0.0331.